The van der Waals surface area contributed by atoms with Gasteiger partial charge in [0.1, 0.15) is 10.2 Å². The van der Waals surface area contributed by atoms with Crippen molar-refractivity contribution in [3.8, 4) is 22.3 Å². The first kappa shape index (κ1) is 16.2. The van der Waals surface area contributed by atoms with E-state index in [1.54, 1.807) is 36.4 Å². The van der Waals surface area contributed by atoms with Gasteiger partial charge in [0, 0.05) is 22.8 Å². The van der Waals surface area contributed by atoms with E-state index in [-0.39, 0.29) is 10.7 Å². The lowest BCUT2D eigenvalue weighted by atomic mass is 9.99. The minimum Gasteiger partial charge on any atom is -0.224 e. The summed E-state index contributed by atoms with van der Waals surface area (Å²) in [5.74, 6) is -0.306. The van der Waals surface area contributed by atoms with Crippen LogP contribution >= 0.6 is 22.9 Å². The van der Waals surface area contributed by atoms with Crippen LogP contribution in [0.4, 0.5) is 4.39 Å². The van der Waals surface area contributed by atoms with Gasteiger partial charge in [0.2, 0.25) is 0 Å². The molecule has 23 heavy (non-hydrogen) atoms. The molecule has 0 bridgehead atoms. The van der Waals surface area contributed by atoms with Crippen LogP contribution < -0.4 is 0 Å². The number of rotatable bonds is 3. The molecule has 0 unspecified atom stereocenters. The quantitative estimate of drug-likeness (QED) is 0.632. The smallest absolute Gasteiger partial charge is 0.175 e. The molecular formula is C17H12ClFO2S2. The van der Waals surface area contributed by atoms with Crippen molar-refractivity contribution in [1.82, 2.24) is 0 Å². The van der Waals surface area contributed by atoms with Gasteiger partial charge in [-0.05, 0) is 35.4 Å². The van der Waals surface area contributed by atoms with Crippen LogP contribution in [0, 0.1) is 5.82 Å². The molecule has 0 saturated heterocycles. The Morgan fingerprint density at radius 2 is 1.52 bits per heavy atom. The first-order valence-electron chi connectivity index (χ1n) is 6.69. The molecule has 6 heteroatoms. The third-order valence-electron chi connectivity index (χ3n) is 3.47. The zero-order chi connectivity index (χ0) is 16.6. The maximum atomic E-state index is 13.1. The van der Waals surface area contributed by atoms with E-state index in [9.17, 15) is 12.8 Å². The fourth-order valence-electron chi connectivity index (χ4n) is 2.31. The first-order chi connectivity index (χ1) is 10.9. The predicted octanol–water partition coefficient (Wildman–Crippen LogP) is 5.28. The maximum absolute atomic E-state index is 13.1. The number of hydrogen-bond acceptors (Lipinski definition) is 3. The third kappa shape index (κ3) is 3.32. The standard InChI is InChI=1S/C17H12ClFO2S2/c1-23(20,21)14-8-4-11(5-9-14)15-10-22-17(18)16(15)12-2-6-13(19)7-3-12/h2-10H,1H3. The zero-order valence-electron chi connectivity index (χ0n) is 12.1. The van der Waals surface area contributed by atoms with E-state index in [1.807, 2.05) is 5.38 Å². The van der Waals surface area contributed by atoms with E-state index in [2.05, 4.69) is 0 Å². The molecule has 1 aromatic heterocycles. The second kappa shape index (κ2) is 6.07. The fraction of sp³-hybridized carbons (Fsp3) is 0.0588. The summed E-state index contributed by atoms with van der Waals surface area (Å²) >= 11 is 7.69. The average molecular weight is 367 g/mol. The summed E-state index contributed by atoms with van der Waals surface area (Å²) in [6.07, 6.45) is 1.17. The summed E-state index contributed by atoms with van der Waals surface area (Å²) in [5, 5.41) is 1.91. The second-order valence-corrected chi connectivity index (χ2v) is 8.60. The molecule has 0 aliphatic heterocycles. The number of benzene rings is 2. The van der Waals surface area contributed by atoms with Crippen LogP contribution in [-0.2, 0) is 9.84 Å². The fourth-order valence-corrected chi connectivity index (χ4v) is 4.11. The van der Waals surface area contributed by atoms with Gasteiger partial charge in [0.05, 0.1) is 4.90 Å². The van der Waals surface area contributed by atoms with Gasteiger partial charge >= 0.3 is 0 Å². The molecule has 1 heterocycles. The van der Waals surface area contributed by atoms with Crippen molar-refractivity contribution in [2.24, 2.45) is 0 Å². The normalized spacial score (nSPS) is 11.6. The molecule has 0 spiro atoms. The van der Waals surface area contributed by atoms with Gasteiger partial charge in [-0.2, -0.15) is 0 Å². The van der Waals surface area contributed by atoms with Crippen molar-refractivity contribution in [2.75, 3.05) is 6.26 Å². The van der Waals surface area contributed by atoms with Crippen LogP contribution in [0.15, 0.2) is 58.8 Å². The molecule has 0 atom stereocenters. The molecule has 118 valence electrons. The molecule has 0 amide bonds. The summed E-state index contributed by atoms with van der Waals surface area (Å²) in [5.41, 5.74) is 3.40. The summed E-state index contributed by atoms with van der Waals surface area (Å²) in [6, 6.07) is 12.8. The zero-order valence-corrected chi connectivity index (χ0v) is 14.5. The molecule has 0 aliphatic rings. The van der Waals surface area contributed by atoms with Crippen LogP contribution in [0.2, 0.25) is 4.34 Å². The van der Waals surface area contributed by atoms with Gasteiger partial charge in [-0.1, -0.05) is 35.9 Å². The van der Waals surface area contributed by atoms with E-state index in [0.717, 1.165) is 22.3 Å². The number of thiophene rings is 1. The largest absolute Gasteiger partial charge is 0.224 e. The second-order valence-electron chi connectivity index (χ2n) is 5.10. The Kier molecular flexibility index (Phi) is 4.27. The minimum absolute atomic E-state index is 0.269. The topological polar surface area (TPSA) is 34.1 Å². The van der Waals surface area contributed by atoms with Gasteiger partial charge in [0.15, 0.2) is 9.84 Å². The van der Waals surface area contributed by atoms with Crippen LogP contribution in [0.1, 0.15) is 0 Å². The Balaban J connectivity index is 2.10. The Morgan fingerprint density at radius 3 is 2.09 bits per heavy atom. The SMILES string of the molecule is CS(=O)(=O)c1ccc(-c2csc(Cl)c2-c2ccc(F)cc2)cc1. The van der Waals surface area contributed by atoms with Crippen molar-refractivity contribution in [1.29, 1.82) is 0 Å². The highest BCUT2D eigenvalue weighted by Gasteiger charge is 2.15. The highest BCUT2D eigenvalue weighted by molar-refractivity contribution is 7.90. The van der Waals surface area contributed by atoms with Crippen LogP contribution in [-0.4, -0.2) is 14.7 Å². The Hall–Kier alpha value is -1.69. The number of hydrogen-bond donors (Lipinski definition) is 0. The Labute approximate surface area is 143 Å². The summed E-state index contributed by atoms with van der Waals surface area (Å²) in [4.78, 5) is 0.269. The van der Waals surface area contributed by atoms with Gasteiger partial charge in [0.25, 0.3) is 0 Å². The molecule has 3 aromatic rings. The highest BCUT2D eigenvalue weighted by atomic mass is 35.5. The number of sulfone groups is 1. The van der Waals surface area contributed by atoms with Gasteiger partial charge in [-0.25, -0.2) is 12.8 Å². The van der Waals surface area contributed by atoms with E-state index in [1.165, 1.54) is 29.7 Å². The molecule has 3 rings (SSSR count). The molecule has 0 aliphatic carbocycles. The molecule has 0 radical (unpaired) electrons. The van der Waals surface area contributed by atoms with Gasteiger partial charge in [-0.3, -0.25) is 0 Å². The number of halogens is 2. The predicted molar refractivity (Wildman–Crippen MR) is 93.3 cm³/mol. The van der Waals surface area contributed by atoms with Crippen LogP contribution in [0.5, 0.6) is 0 Å². The van der Waals surface area contributed by atoms with E-state index < -0.39 is 9.84 Å². The summed E-state index contributed by atoms with van der Waals surface area (Å²) < 4.78 is 36.8. The van der Waals surface area contributed by atoms with E-state index >= 15 is 0 Å². The monoisotopic (exact) mass is 366 g/mol. The Bertz CT molecular complexity index is 943. The highest BCUT2D eigenvalue weighted by Crippen LogP contribution is 2.42. The van der Waals surface area contributed by atoms with Crippen molar-refractivity contribution in [3.63, 3.8) is 0 Å². The minimum atomic E-state index is -3.23. The summed E-state index contributed by atoms with van der Waals surface area (Å²) in [7, 11) is -3.23. The first-order valence-corrected chi connectivity index (χ1v) is 9.84. The van der Waals surface area contributed by atoms with Gasteiger partial charge in [-0.15, -0.1) is 11.3 Å². The Morgan fingerprint density at radius 1 is 0.957 bits per heavy atom. The van der Waals surface area contributed by atoms with Gasteiger partial charge < -0.3 is 0 Å². The summed E-state index contributed by atoms with van der Waals surface area (Å²) in [6.45, 7) is 0. The lowest BCUT2D eigenvalue weighted by molar-refractivity contribution is 0.602. The molecule has 2 aromatic carbocycles. The van der Waals surface area contributed by atoms with Crippen molar-refractivity contribution >= 4 is 32.8 Å². The van der Waals surface area contributed by atoms with Crippen LogP contribution in [0.3, 0.4) is 0 Å². The van der Waals surface area contributed by atoms with E-state index in [0.29, 0.717) is 4.34 Å². The molecular weight excluding hydrogens is 355 g/mol. The lowest BCUT2D eigenvalue weighted by Gasteiger charge is -2.07. The van der Waals surface area contributed by atoms with Crippen molar-refractivity contribution in [2.45, 2.75) is 4.90 Å². The molecule has 2 nitrogen and oxygen atoms in total. The molecule has 0 N–H and O–H groups in total. The average Bonchev–Trinajstić information content (AvgIpc) is 2.89. The van der Waals surface area contributed by atoms with Crippen LogP contribution in [0.25, 0.3) is 22.3 Å². The van der Waals surface area contributed by atoms with Crippen molar-refractivity contribution in [3.05, 3.63) is 64.1 Å². The molecule has 0 saturated carbocycles. The molecule has 0 fully saturated rings. The lowest BCUT2D eigenvalue weighted by Crippen LogP contribution is -1.96. The maximum Gasteiger partial charge on any atom is 0.175 e. The third-order valence-corrected chi connectivity index (χ3v) is 5.82. The van der Waals surface area contributed by atoms with E-state index in [4.69, 9.17) is 11.6 Å². The van der Waals surface area contributed by atoms with Crippen molar-refractivity contribution < 1.29 is 12.8 Å².